The second kappa shape index (κ2) is 6.57. The van der Waals surface area contributed by atoms with Gasteiger partial charge in [0.25, 0.3) is 5.91 Å². The van der Waals surface area contributed by atoms with Gasteiger partial charge in [-0.25, -0.2) is 9.48 Å². The zero-order valence-corrected chi connectivity index (χ0v) is 14.6. The number of carboxylic acids is 1. The van der Waals surface area contributed by atoms with Crippen molar-refractivity contribution in [3.63, 3.8) is 0 Å². The lowest BCUT2D eigenvalue weighted by atomic mass is 10.1. The minimum Gasteiger partial charge on any atom is -0.480 e. The van der Waals surface area contributed by atoms with Gasteiger partial charge in [0.05, 0.1) is 11.8 Å². The Labute approximate surface area is 151 Å². The topological polar surface area (TPSA) is 84.7 Å². The maximum atomic E-state index is 13.2. The molecule has 136 valence electrons. The SMILES string of the molecule is COC1CC(C(=O)O)N(C(=O)c2nn(-c3ccccc3)c3c2CCC3)C1. The fourth-order valence-corrected chi connectivity index (χ4v) is 3.95. The van der Waals surface area contributed by atoms with E-state index in [1.165, 1.54) is 4.90 Å². The Morgan fingerprint density at radius 1 is 1.23 bits per heavy atom. The van der Waals surface area contributed by atoms with E-state index in [1.54, 1.807) is 7.11 Å². The van der Waals surface area contributed by atoms with Gasteiger partial charge in [-0.3, -0.25) is 4.79 Å². The van der Waals surface area contributed by atoms with Gasteiger partial charge >= 0.3 is 5.97 Å². The highest BCUT2D eigenvalue weighted by atomic mass is 16.5. The number of carboxylic acid groups (broad SMARTS) is 1. The van der Waals surface area contributed by atoms with Crippen LogP contribution in [0.15, 0.2) is 30.3 Å². The zero-order chi connectivity index (χ0) is 18.3. The van der Waals surface area contributed by atoms with Crippen LogP contribution in [-0.4, -0.2) is 57.5 Å². The third-order valence-electron chi connectivity index (χ3n) is 5.28. The average Bonchev–Trinajstić information content (AvgIpc) is 3.36. The number of aromatic nitrogens is 2. The summed E-state index contributed by atoms with van der Waals surface area (Å²) in [5.41, 5.74) is 3.29. The van der Waals surface area contributed by atoms with Gasteiger partial charge in [0.15, 0.2) is 5.69 Å². The summed E-state index contributed by atoms with van der Waals surface area (Å²) in [6.07, 6.45) is 2.68. The van der Waals surface area contributed by atoms with Crippen molar-refractivity contribution in [2.75, 3.05) is 13.7 Å². The largest absolute Gasteiger partial charge is 0.480 e. The molecule has 0 radical (unpaired) electrons. The first-order chi connectivity index (χ1) is 12.6. The Kier molecular flexibility index (Phi) is 4.24. The van der Waals surface area contributed by atoms with E-state index in [9.17, 15) is 14.7 Å². The van der Waals surface area contributed by atoms with Gasteiger partial charge in [-0.05, 0) is 31.4 Å². The van der Waals surface area contributed by atoms with E-state index in [-0.39, 0.29) is 18.6 Å². The Balaban J connectivity index is 1.72. The van der Waals surface area contributed by atoms with Gasteiger partial charge in [-0.1, -0.05) is 18.2 Å². The van der Waals surface area contributed by atoms with Crippen LogP contribution in [0.5, 0.6) is 0 Å². The van der Waals surface area contributed by atoms with Crippen LogP contribution in [0.4, 0.5) is 0 Å². The van der Waals surface area contributed by atoms with Crippen molar-refractivity contribution in [3.05, 3.63) is 47.3 Å². The van der Waals surface area contributed by atoms with Crippen molar-refractivity contribution >= 4 is 11.9 Å². The van der Waals surface area contributed by atoms with Crippen LogP contribution in [0.1, 0.15) is 34.6 Å². The van der Waals surface area contributed by atoms with Crippen LogP contribution in [-0.2, 0) is 22.4 Å². The molecule has 2 aliphatic rings. The minimum absolute atomic E-state index is 0.260. The first-order valence-electron chi connectivity index (χ1n) is 8.83. The number of carbonyl (C=O) groups excluding carboxylic acids is 1. The van der Waals surface area contributed by atoms with Crippen molar-refractivity contribution < 1.29 is 19.4 Å². The summed E-state index contributed by atoms with van der Waals surface area (Å²) in [6, 6.07) is 8.85. The van der Waals surface area contributed by atoms with Crippen LogP contribution >= 0.6 is 0 Å². The number of ether oxygens (including phenoxy) is 1. The van der Waals surface area contributed by atoms with E-state index in [1.807, 2.05) is 35.0 Å². The molecule has 2 atom stereocenters. The smallest absolute Gasteiger partial charge is 0.326 e. The normalized spacial score (nSPS) is 21.8. The van der Waals surface area contributed by atoms with Crippen molar-refractivity contribution in [1.82, 2.24) is 14.7 Å². The van der Waals surface area contributed by atoms with Crippen LogP contribution in [0.25, 0.3) is 5.69 Å². The highest BCUT2D eigenvalue weighted by Crippen LogP contribution is 2.30. The van der Waals surface area contributed by atoms with Gasteiger partial charge < -0.3 is 14.7 Å². The standard InChI is InChI=1S/C19H21N3O4/c1-26-13-10-16(19(24)25)21(11-13)18(23)17-14-8-5-9-15(14)22(20-17)12-6-3-2-4-7-12/h2-4,6-7,13,16H,5,8-11H2,1H3,(H,24,25). The van der Waals surface area contributed by atoms with Gasteiger partial charge in [0.2, 0.25) is 0 Å². The molecule has 1 N–H and O–H groups in total. The number of hydrogen-bond donors (Lipinski definition) is 1. The predicted molar refractivity (Wildman–Crippen MR) is 93.5 cm³/mol. The summed E-state index contributed by atoms with van der Waals surface area (Å²) in [4.78, 5) is 26.1. The fraction of sp³-hybridized carbons (Fsp3) is 0.421. The number of carbonyl (C=O) groups is 2. The first kappa shape index (κ1) is 16.8. The molecule has 1 fully saturated rings. The minimum atomic E-state index is -1.00. The molecule has 0 bridgehead atoms. The van der Waals surface area contributed by atoms with E-state index in [0.29, 0.717) is 12.1 Å². The zero-order valence-electron chi connectivity index (χ0n) is 14.6. The van der Waals surface area contributed by atoms with Gasteiger partial charge in [0.1, 0.15) is 6.04 Å². The van der Waals surface area contributed by atoms with Crippen molar-refractivity contribution in [3.8, 4) is 5.69 Å². The lowest BCUT2D eigenvalue weighted by Crippen LogP contribution is -2.41. The molecule has 2 aromatic rings. The Bertz CT molecular complexity index is 846. The van der Waals surface area contributed by atoms with E-state index in [2.05, 4.69) is 5.10 Å². The van der Waals surface area contributed by atoms with E-state index >= 15 is 0 Å². The highest BCUT2D eigenvalue weighted by Gasteiger charge is 2.42. The lowest BCUT2D eigenvalue weighted by molar-refractivity contribution is -0.141. The highest BCUT2D eigenvalue weighted by molar-refractivity contribution is 5.97. The number of nitrogens with zero attached hydrogens (tertiary/aromatic N) is 3. The maximum absolute atomic E-state index is 13.2. The number of fused-ring (bicyclic) bond motifs is 1. The van der Waals surface area contributed by atoms with Gasteiger partial charge in [-0.2, -0.15) is 5.10 Å². The first-order valence-corrected chi connectivity index (χ1v) is 8.83. The van der Waals surface area contributed by atoms with Crippen molar-refractivity contribution in [1.29, 1.82) is 0 Å². The molecule has 7 heteroatoms. The molecule has 1 saturated heterocycles. The molecule has 26 heavy (non-hydrogen) atoms. The average molecular weight is 355 g/mol. The molecule has 2 heterocycles. The monoisotopic (exact) mass is 355 g/mol. The second-order valence-corrected chi connectivity index (χ2v) is 6.78. The number of aliphatic carboxylic acids is 1. The summed E-state index contributed by atoms with van der Waals surface area (Å²) in [7, 11) is 1.54. The Hall–Kier alpha value is -2.67. The van der Waals surface area contributed by atoms with Crippen LogP contribution in [0.3, 0.4) is 0 Å². The predicted octanol–water partition coefficient (Wildman–Crippen LogP) is 1.68. The lowest BCUT2D eigenvalue weighted by Gasteiger charge is -2.20. The maximum Gasteiger partial charge on any atom is 0.326 e. The number of para-hydroxylation sites is 1. The summed E-state index contributed by atoms with van der Waals surface area (Å²) in [6.45, 7) is 0.277. The van der Waals surface area contributed by atoms with Crippen LogP contribution in [0, 0.1) is 0 Å². The number of amides is 1. The summed E-state index contributed by atoms with van der Waals surface area (Å²) in [5.74, 6) is -1.32. The van der Waals surface area contributed by atoms with E-state index in [0.717, 1.165) is 36.2 Å². The quantitative estimate of drug-likeness (QED) is 0.902. The summed E-state index contributed by atoms with van der Waals surface area (Å²) >= 11 is 0. The number of hydrogen-bond acceptors (Lipinski definition) is 4. The van der Waals surface area contributed by atoms with E-state index < -0.39 is 12.0 Å². The molecule has 0 spiro atoms. The Morgan fingerprint density at radius 2 is 2.00 bits per heavy atom. The van der Waals surface area contributed by atoms with Gasteiger partial charge in [0, 0.05) is 31.3 Å². The molecule has 1 aromatic heterocycles. The number of methoxy groups -OCH3 is 1. The van der Waals surface area contributed by atoms with Gasteiger partial charge in [-0.15, -0.1) is 0 Å². The van der Waals surface area contributed by atoms with Crippen LogP contribution < -0.4 is 0 Å². The summed E-state index contributed by atoms with van der Waals surface area (Å²) < 4.78 is 7.12. The fourth-order valence-electron chi connectivity index (χ4n) is 3.95. The molecule has 0 saturated carbocycles. The Morgan fingerprint density at radius 3 is 2.69 bits per heavy atom. The number of likely N-dealkylation sites (tertiary alicyclic amines) is 1. The molecule has 4 rings (SSSR count). The van der Waals surface area contributed by atoms with Crippen LogP contribution in [0.2, 0.25) is 0 Å². The van der Waals surface area contributed by atoms with Crippen molar-refractivity contribution in [2.24, 2.45) is 0 Å². The van der Waals surface area contributed by atoms with Crippen molar-refractivity contribution in [2.45, 2.75) is 37.8 Å². The summed E-state index contributed by atoms with van der Waals surface area (Å²) in [5, 5.41) is 14.1. The number of rotatable bonds is 4. The molecule has 2 unspecified atom stereocenters. The molecular formula is C19H21N3O4. The molecule has 1 aliphatic carbocycles. The molecular weight excluding hydrogens is 334 g/mol. The van der Waals surface area contributed by atoms with E-state index in [4.69, 9.17) is 4.74 Å². The third-order valence-corrected chi connectivity index (χ3v) is 5.28. The second-order valence-electron chi connectivity index (χ2n) is 6.78. The molecule has 7 nitrogen and oxygen atoms in total. The third kappa shape index (κ3) is 2.68. The molecule has 1 amide bonds. The molecule has 1 aromatic carbocycles. The molecule has 1 aliphatic heterocycles. The number of benzene rings is 1.